The van der Waals surface area contributed by atoms with E-state index in [9.17, 15) is 17.8 Å². The lowest BCUT2D eigenvalue weighted by Gasteiger charge is -2.29. The Bertz CT molecular complexity index is 572. The zero-order valence-electron chi connectivity index (χ0n) is 11.6. The maximum atomic E-state index is 11.7. The molecule has 1 aliphatic carbocycles. The van der Waals surface area contributed by atoms with Gasteiger partial charge in [-0.05, 0) is 18.4 Å². The molecule has 0 saturated heterocycles. The molecule has 1 aromatic carbocycles. The van der Waals surface area contributed by atoms with Gasteiger partial charge in [-0.2, -0.15) is 8.42 Å². The summed E-state index contributed by atoms with van der Waals surface area (Å²) in [6.45, 7) is 0.121. The molecule has 116 valence electrons. The van der Waals surface area contributed by atoms with Gasteiger partial charge in [-0.15, -0.1) is 0 Å². The summed E-state index contributed by atoms with van der Waals surface area (Å²) >= 11 is 0. The van der Waals surface area contributed by atoms with Gasteiger partial charge in [0.2, 0.25) is 0 Å². The third kappa shape index (κ3) is 4.71. The molecule has 0 bridgehead atoms. The van der Waals surface area contributed by atoms with Gasteiger partial charge >= 0.3 is 6.09 Å². The first kappa shape index (κ1) is 15.8. The average Bonchev–Trinajstić information content (AvgIpc) is 2.46. The van der Waals surface area contributed by atoms with E-state index in [4.69, 9.17) is 4.74 Å². The molecule has 1 fully saturated rings. The number of alkyl carbamates (subject to hydrolysis) is 1. The Morgan fingerprint density at radius 3 is 2.57 bits per heavy atom. The number of ether oxygens (including phenoxy) is 1. The third-order valence-corrected chi connectivity index (χ3v) is 4.93. The van der Waals surface area contributed by atoms with Gasteiger partial charge in [0.05, 0.1) is 6.04 Å². The Kier molecular flexibility index (Phi) is 5.19. The fraction of sp³-hybridized carbons (Fsp3) is 0.500. The summed E-state index contributed by atoms with van der Waals surface area (Å²) in [5.41, 5.74) is 0.850. The van der Waals surface area contributed by atoms with Gasteiger partial charge < -0.3 is 10.1 Å². The minimum Gasteiger partial charge on any atom is -0.445 e. The van der Waals surface area contributed by atoms with Crippen molar-refractivity contribution in [1.82, 2.24) is 5.32 Å². The van der Waals surface area contributed by atoms with E-state index in [-0.39, 0.29) is 6.61 Å². The summed E-state index contributed by atoms with van der Waals surface area (Å²) in [5, 5.41) is 1.60. The molecule has 1 aliphatic rings. The Morgan fingerprint density at radius 2 is 1.90 bits per heavy atom. The number of amides is 1. The fourth-order valence-corrected chi connectivity index (χ4v) is 3.62. The predicted molar refractivity (Wildman–Crippen MR) is 77.4 cm³/mol. The standard InChI is InChI=1S/C14H19NO5S/c16-14(20-10-11-6-2-1-3-7-11)15-12-8-4-5-9-13(12)21(17,18)19/h1-3,6-7,12-13H,4-5,8-10H2,(H,15,16)(H,17,18,19)/t12-,13+/m0/s1. The predicted octanol–water partition coefficient (Wildman–Crippen LogP) is 2.11. The van der Waals surface area contributed by atoms with E-state index in [1.807, 2.05) is 30.3 Å². The van der Waals surface area contributed by atoms with Crippen LogP contribution in [0.25, 0.3) is 0 Å². The smallest absolute Gasteiger partial charge is 0.407 e. The van der Waals surface area contributed by atoms with Gasteiger partial charge in [-0.25, -0.2) is 4.79 Å². The van der Waals surface area contributed by atoms with Crippen molar-refractivity contribution in [3.8, 4) is 0 Å². The highest BCUT2D eigenvalue weighted by Crippen LogP contribution is 2.24. The number of carbonyl (C=O) groups is 1. The van der Waals surface area contributed by atoms with Crippen molar-refractivity contribution in [2.45, 2.75) is 43.6 Å². The van der Waals surface area contributed by atoms with Crippen LogP contribution in [0.15, 0.2) is 30.3 Å². The maximum absolute atomic E-state index is 11.7. The second-order valence-electron chi connectivity index (χ2n) is 5.15. The minimum atomic E-state index is -4.16. The minimum absolute atomic E-state index is 0.121. The van der Waals surface area contributed by atoms with E-state index in [1.165, 1.54) is 0 Å². The topological polar surface area (TPSA) is 92.7 Å². The second-order valence-corrected chi connectivity index (χ2v) is 6.79. The molecule has 0 spiro atoms. The van der Waals surface area contributed by atoms with E-state index in [2.05, 4.69) is 5.32 Å². The van der Waals surface area contributed by atoms with Gasteiger partial charge in [0.25, 0.3) is 10.1 Å². The Balaban J connectivity index is 1.89. The molecule has 0 unspecified atom stereocenters. The van der Waals surface area contributed by atoms with Crippen molar-refractivity contribution >= 4 is 16.2 Å². The number of rotatable bonds is 4. The van der Waals surface area contributed by atoms with Gasteiger partial charge in [0, 0.05) is 0 Å². The van der Waals surface area contributed by atoms with E-state index in [0.29, 0.717) is 12.8 Å². The highest BCUT2D eigenvalue weighted by atomic mass is 32.2. The summed E-state index contributed by atoms with van der Waals surface area (Å²) in [5.74, 6) is 0. The van der Waals surface area contributed by atoms with E-state index in [0.717, 1.165) is 18.4 Å². The van der Waals surface area contributed by atoms with Crippen LogP contribution in [0.5, 0.6) is 0 Å². The molecule has 0 radical (unpaired) electrons. The SMILES string of the molecule is O=C(N[C@H]1CCCC[C@H]1S(=O)(=O)O)OCc1ccccc1. The molecule has 1 aromatic rings. The van der Waals surface area contributed by atoms with Crippen LogP contribution in [0.1, 0.15) is 31.2 Å². The quantitative estimate of drug-likeness (QED) is 0.831. The van der Waals surface area contributed by atoms with Crippen molar-refractivity contribution in [3.63, 3.8) is 0 Å². The number of hydrogen-bond donors (Lipinski definition) is 2. The number of nitrogens with one attached hydrogen (secondary N) is 1. The van der Waals surface area contributed by atoms with E-state index < -0.39 is 27.5 Å². The Hall–Kier alpha value is -1.60. The first-order valence-corrected chi connectivity index (χ1v) is 8.40. The van der Waals surface area contributed by atoms with Crippen LogP contribution in [0, 0.1) is 0 Å². The van der Waals surface area contributed by atoms with Gasteiger partial charge in [-0.1, -0.05) is 43.2 Å². The van der Waals surface area contributed by atoms with Crippen LogP contribution in [-0.2, 0) is 21.5 Å². The van der Waals surface area contributed by atoms with Gasteiger partial charge in [-0.3, -0.25) is 4.55 Å². The normalized spacial score (nSPS) is 22.5. The molecule has 2 N–H and O–H groups in total. The van der Waals surface area contributed by atoms with Gasteiger partial charge in [0.1, 0.15) is 11.9 Å². The molecule has 6 nitrogen and oxygen atoms in total. The van der Waals surface area contributed by atoms with E-state index >= 15 is 0 Å². The first-order chi connectivity index (χ1) is 9.97. The van der Waals surface area contributed by atoms with Crippen molar-refractivity contribution in [3.05, 3.63) is 35.9 Å². The van der Waals surface area contributed by atoms with Crippen LogP contribution in [0.3, 0.4) is 0 Å². The zero-order valence-corrected chi connectivity index (χ0v) is 12.4. The summed E-state index contributed by atoms with van der Waals surface area (Å²) in [7, 11) is -4.16. The largest absolute Gasteiger partial charge is 0.445 e. The summed E-state index contributed by atoms with van der Waals surface area (Å²) in [6, 6.07) is 8.60. The molecule has 0 aliphatic heterocycles. The molecule has 2 atom stereocenters. The lowest BCUT2D eigenvalue weighted by molar-refractivity contribution is 0.133. The second kappa shape index (κ2) is 6.91. The lowest BCUT2D eigenvalue weighted by atomic mass is 9.95. The monoisotopic (exact) mass is 313 g/mol. The van der Waals surface area contributed by atoms with Crippen molar-refractivity contribution < 1.29 is 22.5 Å². The average molecular weight is 313 g/mol. The number of carbonyl (C=O) groups excluding carboxylic acids is 1. The number of hydrogen-bond acceptors (Lipinski definition) is 4. The molecular formula is C14H19NO5S. The molecule has 7 heteroatoms. The maximum Gasteiger partial charge on any atom is 0.407 e. The zero-order chi connectivity index (χ0) is 15.3. The van der Waals surface area contributed by atoms with Crippen molar-refractivity contribution in [1.29, 1.82) is 0 Å². The summed E-state index contributed by atoms with van der Waals surface area (Å²) < 4.78 is 36.9. The van der Waals surface area contributed by atoms with Crippen LogP contribution >= 0.6 is 0 Å². The van der Waals surface area contributed by atoms with E-state index in [1.54, 1.807) is 0 Å². The van der Waals surface area contributed by atoms with Crippen molar-refractivity contribution in [2.75, 3.05) is 0 Å². The van der Waals surface area contributed by atoms with Crippen LogP contribution in [0.4, 0.5) is 4.79 Å². The Morgan fingerprint density at radius 1 is 1.24 bits per heavy atom. The van der Waals surface area contributed by atoms with Crippen LogP contribution in [-0.4, -0.2) is 30.4 Å². The molecule has 21 heavy (non-hydrogen) atoms. The third-order valence-electron chi connectivity index (χ3n) is 3.60. The molecular weight excluding hydrogens is 294 g/mol. The summed E-state index contributed by atoms with van der Waals surface area (Å²) in [4.78, 5) is 11.7. The summed E-state index contributed by atoms with van der Waals surface area (Å²) in [6.07, 6.45) is 1.74. The number of benzene rings is 1. The van der Waals surface area contributed by atoms with Crippen LogP contribution in [0.2, 0.25) is 0 Å². The Labute approximate surface area is 124 Å². The highest BCUT2D eigenvalue weighted by molar-refractivity contribution is 7.86. The molecule has 1 amide bonds. The van der Waals surface area contributed by atoms with Gasteiger partial charge in [0.15, 0.2) is 0 Å². The fourth-order valence-electron chi connectivity index (χ4n) is 2.53. The molecule has 0 aromatic heterocycles. The van der Waals surface area contributed by atoms with Crippen molar-refractivity contribution in [2.24, 2.45) is 0 Å². The lowest BCUT2D eigenvalue weighted by Crippen LogP contribution is -2.48. The van der Waals surface area contributed by atoms with Crippen LogP contribution < -0.4 is 5.32 Å². The molecule has 0 heterocycles. The first-order valence-electron chi connectivity index (χ1n) is 6.90. The molecule has 1 saturated carbocycles. The highest BCUT2D eigenvalue weighted by Gasteiger charge is 2.35. The molecule has 2 rings (SSSR count).